The summed E-state index contributed by atoms with van der Waals surface area (Å²) in [6, 6.07) is 5.98. The van der Waals surface area contributed by atoms with Gasteiger partial charge in [-0.25, -0.2) is 0 Å². The highest BCUT2D eigenvalue weighted by Gasteiger charge is 2.39. The minimum absolute atomic E-state index is 0.0851. The predicted octanol–water partition coefficient (Wildman–Crippen LogP) is 3.87. The van der Waals surface area contributed by atoms with E-state index >= 15 is 0 Å². The van der Waals surface area contributed by atoms with E-state index in [0.717, 1.165) is 18.5 Å². The lowest BCUT2D eigenvalue weighted by Gasteiger charge is -2.38. The molecule has 0 radical (unpaired) electrons. The Labute approximate surface area is 119 Å². The summed E-state index contributed by atoms with van der Waals surface area (Å²) in [5.74, 6) is 0. The van der Waals surface area contributed by atoms with Crippen molar-refractivity contribution in [2.24, 2.45) is 5.73 Å². The Morgan fingerprint density at radius 2 is 1.94 bits per heavy atom. The summed E-state index contributed by atoms with van der Waals surface area (Å²) in [5, 5.41) is 1.37. The second-order valence-electron chi connectivity index (χ2n) is 5.93. The lowest BCUT2D eigenvalue weighted by atomic mass is 9.97. The van der Waals surface area contributed by atoms with Crippen LogP contribution in [0.25, 0.3) is 0 Å². The maximum atomic E-state index is 6.32. The number of halogens is 2. The van der Waals surface area contributed by atoms with Gasteiger partial charge in [0.15, 0.2) is 0 Å². The van der Waals surface area contributed by atoms with Gasteiger partial charge >= 0.3 is 0 Å². The van der Waals surface area contributed by atoms with Crippen LogP contribution >= 0.6 is 23.2 Å². The molecule has 1 aromatic carbocycles. The highest BCUT2D eigenvalue weighted by Crippen LogP contribution is 2.39. The summed E-state index contributed by atoms with van der Waals surface area (Å²) >= 11 is 12.3. The molecule has 0 bridgehead atoms. The SMILES string of the molecule is CC(C)(C)N1CCC(N)C1c1ccc(Cl)cc1Cl. The van der Waals surface area contributed by atoms with E-state index in [1.807, 2.05) is 12.1 Å². The van der Waals surface area contributed by atoms with Crippen molar-refractivity contribution in [1.82, 2.24) is 4.90 Å². The molecule has 0 aliphatic carbocycles. The molecule has 2 atom stereocenters. The average Bonchev–Trinajstić information content (AvgIpc) is 2.60. The molecule has 4 heteroatoms. The fraction of sp³-hybridized carbons (Fsp3) is 0.571. The van der Waals surface area contributed by atoms with E-state index < -0.39 is 0 Å². The molecule has 0 aromatic heterocycles. The van der Waals surface area contributed by atoms with Gasteiger partial charge in [0.1, 0.15) is 0 Å². The molecule has 0 spiro atoms. The number of hydrogen-bond donors (Lipinski definition) is 1. The van der Waals surface area contributed by atoms with E-state index in [2.05, 4.69) is 25.7 Å². The first-order chi connectivity index (χ1) is 8.30. The lowest BCUT2D eigenvalue weighted by molar-refractivity contribution is 0.117. The van der Waals surface area contributed by atoms with E-state index in [1.54, 1.807) is 6.07 Å². The van der Waals surface area contributed by atoms with Crippen LogP contribution in [0.2, 0.25) is 10.0 Å². The van der Waals surface area contributed by atoms with Gasteiger partial charge < -0.3 is 5.73 Å². The monoisotopic (exact) mass is 286 g/mol. The maximum absolute atomic E-state index is 6.32. The van der Waals surface area contributed by atoms with Gasteiger partial charge in [0, 0.05) is 28.2 Å². The van der Waals surface area contributed by atoms with Crippen LogP contribution in [-0.4, -0.2) is 23.0 Å². The van der Waals surface area contributed by atoms with Crippen LogP contribution in [0.15, 0.2) is 18.2 Å². The van der Waals surface area contributed by atoms with Gasteiger partial charge in [-0.05, 0) is 44.9 Å². The first-order valence-electron chi connectivity index (χ1n) is 6.28. The van der Waals surface area contributed by atoms with E-state index in [4.69, 9.17) is 28.9 Å². The zero-order chi connectivity index (χ0) is 13.5. The van der Waals surface area contributed by atoms with Gasteiger partial charge in [-0.3, -0.25) is 4.90 Å². The van der Waals surface area contributed by atoms with Gasteiger partial charge in [0.05, 0.1) is 6.04 Å². The summed E-state index contributed by atoms with van der Waals surface area (Å²) in [4.78, 5) is 2.42. The second-order valence-corrected chi connectivity index (χ2v) is 6.77. The Morgan fingerprint density at radius 3 is 2.50 bits per heavy atom. The van der Waals surface area contributed by atoms with Crippen molar-refractivity contribution in [2.45, 2.75) is 44.8 Å². The van der Waals surface area contributed by atoms with Crippen LogP contribution in [0.5, 0.6) is 0 Å². The molecule has 1 aliphatic rings. The summed E-state index contributed by atoms with van der Waals surface area (Å²) < 4.78 is 0. The van der Waals surface area contributed by atoms with Crippen LogP contribution in [0.4, 0.5) is 0 Å². The van der Waals surface area contributed by atoms with Gasteiger partial charge in [-0.2, -0.15) is 0 Å². The van der Waals surface area contributed by atoms with Crippen molar-refractivity contribution < 1.29 is 0 Å². The molecule has 1 saturated heterocycles. The largest absolute Gasteiger partial charge is 0.326 e. The molecule has 1 aliphatic heterocycles. The Morgan fingerprint density at radius 1 is 1.28 bits per heavy atom. The summed E-state index contributed by atoms with van der Waals surface area (Å²) in [7, 11) is 0. The Hall–Kier alpha value is -0.280. The number of nitrogens with zero attached hydrogens (tertiary/aromatic N) is 1. The molecule has 0 saturated carbocycles. The molecule has 2 nitrogen and oxygen atoms in total. The van der Waals surface area contributed by atoms with Crippen LogP contribution in [0.1, 0.15) is 38.8 Å². The minimum Gasteiger partial charge on any atom is -0.326 e. The van der Waals surface area contributed by atoms with Crippen LogP contribution in [0.3, 0.4) is 0 Å². The van der Waals surface area contributed by atoms with Crippen molar-refractivity contribution >= 4 is 23.2 Å². The van der Waals surface area contributed by atoms with Gasteiger partial charge in [-0.1, -0.05) is 29.3 Å². The van der Waals surface area contributed by atoms with Crippen molar-refractivity contribution in [3.8, 4) is 0 Å². The van der Waals surface area contributed by atoms with Gasteiger partial charge in [0.25, 0.3) is 0 Å². The second kappa shape index (κ2) is 5.01. The molecule has 0 amide bonds. The zero-order valence-electron chi connectivity index (χ0n) is 11.1. The van der Waals surface area contributed by atoms with Crippen LogP contribution in [-0.2, 0) is 0 Å². The normalized spacial score (nSPS) is 25.7. The minimum atomic E-state index is 0.0851. The third-order valence-corrected chi connectivity index (χ3v) is 4.15. The zero-order valence-corrected chi connectivity index (χ0v) is 12.6. The van der Waals surface area contributed by atoms with Gasteiger partial charge in [0.2, 0.25) is 0 Å². The molecule has 1 heterocycles. The standard InChI is InChI=1S/C14H20Cl2N2/c1-14(2,3)18-7-6-12(17)13(18)10-5-4-9(15)8-11(10)16/h4-5,8,12-13H,6-7,17H2,1-3H3. The van der Waals surface area contributed by atoms with E-state index in [9.17, 15) is 0 Å². The molecule has 2 N–H and O–H groups in total. The third kappa shape index (κ3) is 2.67. The van der Waals surface area contributed by atoms with Crippen LogP contribution < -0.4 is 5.73 Å². The summed E-state index contributed by atoms with van der Waals surface area (Å²) in [5.41, 5.74) is 7.44. The number of rotatable bonds is 1. The maximum Gasteiger partial charge on any atom is 0.0519 e. The fourth-order valence-corrected chi connectivity index (χ4v) is 3.23. The topological polar surface area (TPSA) is 29.3 Å². The number of nitrogens with two attached hydrogens (primary N) is 1. The van der Waals surface area contributed by atoms with Gasteiger partial charge in [-0.15, -0.1) is 0 Å². The molecule has 1 fully saturated rings. The van der Waals surface area contributed by atoms with E-state index in [0.29, 0.717) is 10.0 Å². The van der Waals surface area contributed by atoms with Crippen LogP contribution in [0, 0.1) is 0 Å². The first-order valence-corrected chi connectivity index (χ1v) is 7.03. The van der Waals surface area contributed by atoms with Crippen molar-refractivity contribution in [3.63, 3.8) is 0 Å². The van der Waals surface area contributed by atoms with Crippen molar-refractivity contribution in [1.29, 1.82) is 0 Å². The highest BCUT2D eigenvalue weighted by atomic mass is 35.5. The lowest BCUT2D eigenvalue weighted by Crippen LogP contribution is -2.43. The number of benzene rings is 1. The summed E-state index contributed by atoms with van der Waals surface area (Å²) in [6.45, 7) is 7.64. The van der Waals surface area contributed by atoms with Crippen molar-refractivity contribution in [3.05, 3.63) is 33.8 Å². The number of hydrogen-bond acceptors (Lipinski definition) is 2. The third-order valence-electron chi connectivity index (χ3n) is 3.59. The molecule has 18 heavy (non-hydrogen) atoms. The molecular weight excluding hydrogens is 267 g/mol. The predicted molar refractivity (Wildman–Crippen MR) is 78.3 cm³/mol. The first kappa shape index (κ1) is 14.1. The Bertz CT molecular complexity index is 440. The average molecular weight is 287 g/mol. The van der Waals surface area contributed by atoms with E-state index in [1.165, 1.54) is 0 Å². The molecule has 100 valence electrons. The molecular formula is C14H20Cl2N2. The Kier molecular flexibility index (Phi) is 3.93. The number of likely N-dealkylation sites (tertiary alicyclic amines) is 1. The van der Waals surface area contributed by atoms with E-state index in [-0.39, 0.29) is 17.6 Å². The molecule has 2 rings (SSSR count). The highest BCUT2D eigenvalue weighted by molar-refractivity contribution is 6.35. The smallest absolute Gasteiger partial charge is 0.0519 e. The summed E-state index contributed by atoms with van der Waals surface area (Å²) in [6.07, 6.45) is 1.00. The Balaban J connectivity index is 2.40. The quantitative estimate of drug-likeness (QED) is 0.849. The molecule has 1 aromatic rings. The fourth-order valence-electron chi connectivity index (χ4n) is 2.71. The van der Waals surface area contributed by atoms with Crippen molar-refractivity contribution in [2.75, 3.05) is 6.54 Å². The molecule has 2 unspecified atom stereocenters.